The molecule has 0 fully saturated rings. The van der Waals surface area contributed by atoms with Crippen LogP contribution >= 0.6 is 11.3 Å². The van der Waals surface area contributed by atoms with E-state index in [-0.39, 0.29) is 10.7 Å². The van der Waals surface area contributed by atoms with Crippen molar-refractivity contribution in [1.29, 1.82) is 0 Å². The fraction of sp³-hybridized carbons (Fsp3) is 0.286. The molecule has 0 amide bonds. The molecule has 2 rings (SSSR count). The van der Waals surface area contributed by atoms with Crippen LogP contribution in [0.3, 0.4) is 0 Å². The van der Waals surface area contributed by atoms with Gasteiger partial charge in [0.05, 0.1) is 5.69 Å². The lowest BCUT2D eigenvalue weighted by Crippen LogP contribution is -2.02. The molecule has 0 aliphatic rings. The zero-order chi connectivity index (χ0) is 14.0. The molecule has 0 saturated carbocycles. The van der Waals surface area contributed by atoms with Gasteiger partial charge in [0.1, 0.15) is 15.7 Å². The second-order valence-electron chi connectivity index (χ2n) is 4.71. The summed E-state index contributed by atoms with van der Waals surface area (Å²) in [5.41, 5.74) is 1.19. The molecule has 0 saturated heterocycles. The van der Waals surface area contributed by atoms with Gasteiger partial charge in [-0.15, -0.1) is 11.3 Å². The van der Waals surface area contributed by atoms with Crippen LogP contribution in [0, 0.1) is 11.7 Å². The first kappa shape index (κ1) is 13.7. The molecule has 0 aliphatic heterocycles. The molecule has 0 unspecified atom stereocenters. The minimum Gasteiger partial charge on any atom is -0.477 e. The van der Waals surface area contributed by atoms with Gasteiger partial charge in [-0.1, -0.05) is 26.0 Å². The average Bonchev–Trinajstić information content (AvgIpc) is 2.72. The summed E-state index contributed by atoms with van der Waals surface area (Å²) in [5.74, 6) is -1.01. The van der Waals surface area contributed by atoms with Gasteiger partial charge in [-0.2, -0.15) is 0 Å². The maximum absolute atomic E-state index is 13.2. The van der Waals surface area contributed by atoms with E-state index in [9.17, 15) is 14.3 Å². The molecule has 1 heterocycles. The third kappa shape index (κ3) is 3.17. The van der Waals surface area contributed by atoms with Crippen LogP contribution in [0.4, 0.5) is 4.39 Å². The summed E-state index contributed by atoms with van der Waals surface area (Å²) >= 11 is 1.09. The minimum absolute atomic E-state index is 0.243. The molecular formula is C14H14FNO2S. The number of carboxylic acids is 1. The Morgan fingerprint density at radius 2 is 2.21 bits per heavy atom. The maximum atomic E-state index is 13.2. The normalized spacial score (nSPS) is 10.9. The van der Waals surface area contributed by atoms with Crippen molar-refractivity contribution in [3.8, 4) is 10.6 Å². The van der Waals surface area contributed by atoms with Crippen LogP contribution in [0.5, 0.6) is 0 Å². The summed E-state index contributed by atoms with van der Waals surface area (Å²) in [7, 11) is 0. The zero-order valence-electron chi connectivity index (χ0n) is 10.7. The first-order valence-electron chi connectivity index (χ1n) is 5.96. The minimum atomic E-state index is -0.976. The quantitative estimate of drug-likeness (QED) is 0.925. The molecule has 1 aromatic heterocycles. The van der Waals surface area contributed by atoms with Gasteiger partial charge in [0.25, 0.3) is 0 Å². The summed E-state index contributed by atoms with van der Waals surface area (Å²) in [6.45, 7) is 4.01. The highest BCUT2D eigenvalue weighted by molar-refractivity contribution is 7.17. The molecule has 3 nitrogen and oxygen atoms in total. The predicted octanol–water partition coefficient (Wildman–Crippen LogP) is 3.85. The van der Waals surface area contributed by atoms with Crippen molar-refractivity contribution in [2.24, 2.45) is 5.92 Å². The number of aromatic carboxylic acids is 1. The van der Waals surface area contributed by atoms with E-state index in [0.29, 0.717) is 28.6 Å². The monoisotopic (exact) mass is 279 g/mol. The molecule has 100 valence electrons. The molecule has 0 bridgehead atoms. The van der Waals surface area contributed by atoms with Crippen LogP contribution in [0.25, 0.3) is 10.6 Å². The highest BCUT2D eigenvalue weighted by Gasteiger charge is 2.19. The third-order valence-corrected chi connectivity index (χ3v) is 3.70. The molecule has 2 aromatic rings. The number of rotatable bonds is 4. The van der Waals surface area contributed by atoms with E-state index in [1.54, 1.807) is 12.1 Å². The average molecular weight is 279 g/mol. The first-order valence-corrected chi connectivity index (χ1v) is 6.78. The Morgan fingerprint density at radius 3 is 2.79 bits per heavy atom. The number of carbonyl (C=O) groups is 1. The van der Waals surface area contributed by atoms with Gasteiger partial charge in [-0.25, -0.2) is 14.2 Å². The number of hydrogen-bond acceptors (Lipinski definition) is 3. The maximum Gasteiger partial charge on any atom is 0.347 e. The SMILES string of the molecule is CC(C)Cc1nc(-c2cccc(F)c2)sc1C(=O)O. The van der Waals surface area contributed by atoms with Gasteiger partial charge in [0.15, 0.2) is 0 Å². The van der Waals surface area contributed by atoms with Gasteiger partial charge in [0, 0.05) is 5.56 Å². The van der Waals surface area contributed by atoms with Gasteiger partial charge in [0.2, 0.25) is 0 Å². The smallest absolute Gasteiger partial charge is 0.347 e. The second kappa shape index (κ2) is 5.48. The van der Waals surface area contributed by atoms with Gasteiger partial charge >= 0.3 is 5.97 Å². The van der Waals surface area contributed by atoms with E-state index in [2.05, 4.69) is 4.98 Å². The molecular weight excluding hydrogens is 265 g/mol. The van der Waals surface area contributed by atoms with Crippen molar-refractivity contribution >= 4 is 17.3 Å². The van der Waals surface area contributed by atoms with Crippen LogP contribution in [-0.2, 0) is 6.42 Å². The Hall–Kier alpha value is -1.75. The lowest BCUT2D eigenvalue weighted by atomic mass is 10.1. The number of nitrogens with zero attached hydrogens (tertiary/aromatic N) is 1. The summed E-state index contributed by atoms with van der Waals surface area (Å²) in [6.07, 6.45) is 0.605. The number of halogens is 1. The Kier molecular flexibility index (Phi) is 3.95. The molecule has 1 N–H and O–H groups in total. The molecule has 19 heavy (non-hydrogen) atoms. The van der Waals surface area contributed by atoms with Crippen LogP contribution in [0.1, 0.15) is 29.2 Å². The Balaban J connectivity index is 2.45. The largest absolute Gasteiger partial charge is 0.477 e. The highest BCUT2D eigenvalue weighted by atomic mass is 32.1. The van der Waals surface area contributed by atoms with Crippen molar-refractivity contribution in [3.63, 3.8) is 0 Å². The topological polar surface area (TPSA) is 50.2 Å². The lowest BCUT2D eigenvalue weighted by molar-refractivity contribution is 0.0700. The van der Waals surface area contributed by atoms with E-state index in [1.165, 1.54) is 12.1 Å². The number of carboxylic acid groups (broad SMARTS) is 1. The molecule has 0 spiro atoms. The summed E-state index contributed by atoms with van der Waals surface area (Å²) in [5, 5.41) is 9.74. The van der Waals surface area contributed by atoms with Gasteiger partial charge < -0.3 is 5.11 Å². The van der Waals surface area contributed by atoms with Crippen molar-refractivity contribution in [3.05, 3.63) is 40.7 Å². The van der Waals surface area contributed by atoms with Crippen LogP contribution in [0.15, 0.2) is 24.3 Å². The number of thiazole rings is 1. The van der Waals surface area contributed by atoms with Crippen molar-refractivity contribution in [2.75, 3.05) is 0 Å². The lowest BCUT2D eigenvalue weighted by Gasteiger charge is -2.01. The number of aromatic nitrogens is 1. The number of benzene rings is 1. The summed E-state index contributed by atoms with van der Waals surface area (Å²) < 4.78 is 13.2. The Labute approximate surface area is 114 Å². The van der Waals surface area contributed by atoms with E-state index < -0.39 is 5.97 Å². The van der Waals surface area contributed by atoms with Gasteiger partial charge in [-0.3, -0.25) is 0 Å². The summed E-state index contributed by atoms with van der Waals surface area (Å²) in [4.78, 5) is 15.8. The molecule has 0 atom stereocenters. The van der Waals surface area contributed by atoms with E-state index >= 15 is 0 Å². The second-order valence-corrected chi connectivity index (χ2v) is 5.71. The van der Waals surface area contributed by atoms with Crippen molar-refractivity contribution in [1.82, 2.24) is 4.98 Å². The number of hydrogen-bond donors (Lipinski definition) is 1. The van der Waals surface area contributed by atoms with Crippen molar-refractivity contribution < 1.29 is 14.3 Å². The molecule has 1 aromatic carbocycles. The van der Waals surface area contributed by atoms with E-state index in [0.717, 1.165) is 11.3 Å². The van der Waals surface area contributed by atoms with Crippen LogP contribution < -0.4 is 0 Å². The third-order valence-electron chi connectivity index (χ3n) is 2.56. The molecule has 0 radical (unpaired) electrons. The Bertz CT molecular complexity index is 607. The van der Waals surface area contributed by atoms with Crippen LogP contribution in [0.2, 0.25) is 0 Å². The molecule has 0 aliphatic carbocycles. The predicted molar refractivity (Wildman–Crippen MR) is 73.0 cm³/mol. The Morgan fingerprint density at radius 1 is 1.47 bits per heavy atom. The first-order chi connectivity index (χ1) is 8.97. The zero-order valence-corrected chi connectivity index (χ0v) is 11.5. The van der Waals surface area contributed by atoms with Crippen molar-refractivity contribution in [2.45, 2.75) is 20.3 Å². The standard InChI is InChI=1S/C14H14FNO2S/c1-8(2)6-11-12(14(17)18)19-13(16-11)9-4-3-5-10(15)7-9/h3-5,7-8H,6H2,1-2H3,(H,17,18). The molecule has 5 heteroatoms. The fourth-order valence-corrected chi connectivity index (χ4v) is 2.72. The summed E-state index contributed by atoms with van der Waals surface area (Å²) in [6, 6.07) is 6.04. The van der Waals surface area contributed by atoms with Crippen LogP contribution in [-0.4, -0.2) is 16.1 Å². The van der Waals surface area contributed by atoms with Gasteiger partial charge in [-0.05, 0) is 24.5 Å². The highest BCUT2D eigenvalue weighted by Crippen LogP contribution is 2.29. The van der Waals surface area contributed by atoms with E-state index in [4.69, 9.17) is 0 Å². The fourth-order valence-electron chi connectivity index (χ4n) is 1.79. The van der Waals surface area contributed by atoms with E-state index in [1.807, 2.05) is 13.8 Å².